The lowest BCUT2D eigenvalue weighted by Gasteiger charge is -2.34. The minimum Gasteiger partial charge on any atom is -0.381 e. The van der Waals surface area contributed by atoms with E-state index in [1.54, 1.807) is 0 Å². The number of halogens is 1. The van der Waals surface area contributed by atoms with Gasteiger partial charge in [0.2, 0.25) is 0 Å². The van der Waals surface area contributed by atoms with Crippen LogP contribution in [0.4, 0.5) is 0 Å². The van der Waals surface area contributed by atoms with Crippen molar-refractivity contribution in [3.8, 4) is 0 Å². The van der Waals surface area contributed by atoms with Crippen molar-refractivity contribution in [1.29, 1.82) is 0 Å². The number of aliphatic imine (C=N–C) groups is 1. The van der Waals surface area contributed by atoms with Crippen molar-refractivity contribution < 1.29 is 14.2 Å². The number of nitrogens with one attached hydrogen (secondary N) is 1. The number of hydrogen-bond donors (Lipinski definition) is 1. The molecule has 1 unspecified atom stereocenters. The first kappa shape index (κ1) is 22.4. The Morgan fingerprint density at radius 3 is 2.89 bits per heavy atom. The lowest BCUT2D eigenvalue weighted by atomic mass is 10.1. The van der Waals surface area contributed by atoms with Crippen LogP contribution in [-0.2, 0) is 21.3 Å². The van der Waals surface area contributed by atoms with Gasteiger partial charge < -0.3 is 24.4 Å². The van der Waals surface area contributed by atoms with E-state index in [0.717, 1.165) is 70.2 Å². The number of aromatic nitrogens is 2. The van der Waals surface area contributed by atoms with E-state index in [1.807, 2.05) is 31.2 Å². The molecule has 0 aromatic carbocycles. The maximum Gasteiger partial charge on any atom is 0.193 e. The number of aryl methyl sites for hydroxylation is 1. The van der Waals surface area contributed by atoms with Crippen molar-refractivity contribution in [2.24, 2.45) is 12.0 Å². The minimum absolute atomic E-state index is 0. The van der Waals surface area contributed by atoms with Crippen LogP contribution in [0.15, 0.2) is 17.4 Å². The van der Waals surface area contributed by atoms with Crippen LogP contribution in [0.5, 0.6) is 0 Å². The molecule has 3 heterocycles. The molecule has 0 amide bonds. The van der Waals surface area contributed by atoms with E-state index < -0.39 is 0 Å². The first-order chi connectivity index (χ1) is 12.8. The summed E-state index contributed by atoms with van der Waals surface area (Å²) >= 11 is 0. The largest absolute Gasteiger partial charge is 0.381 e. The Labute approximate surface area is 178 Å². The van der Waals surface area contributed by atoms with Crippen LogP contribution in [0, 0.1) is 0 Å². The highest BCUT2D eigenvalue weighted by atomic mass is 127. The molecule has 1 N–H and O–H groups in total. The molecule has 0 aliphatic carbocycles. The Bertz CT molecular complexity index is 577. The second-order valence-corrected chi connectivity index (χ2v) is 6.76. The van der Waals surface area contributed by atoms with Gasteiger partial charge in [-0.2, -0.15) is 5.10 Å². The Kier molecular flexibility index (Phi) is 9.80. The van der Waals surface area contributed by atoms with Gasteiger partial charge in [0.15, 0.2) is 5.96 Å². The van der Waals surface area contributed by atoms with E-state index >= 15 is 0 Å². The van der Waals surface area contributed by atoms with Crippen molar-refractivity contribution >= 4 is 29.9 Å². The van der Waals surface area contributed by atoms with Crippen LogP contribution < -0.4 is 5.32 Å². The Hall–Kier alpha value is -0.910. The number of guanidine groups is 1. The third-order valence-electron chi connectivity index (χ3n) is 4.80. The summed E-state index contributed by atoms with van der Waals surface area (Å²) in [4.78, 5) is 6.68. The van der Waals surface area contributed by atoms with E-state index in [-0.39, 0.29) is 30.1 Å². The topological polar surface area (TPSA) is 73.1 Å². The number of rotatable bonds is 6. The average Bonchev–Trinajstić information content (AvgIpc) is 3.12. The van der Waals surface area contributed by atoms with Crippen LogP contribution in [0.1, 0.15) is 30.9 Å². The lowest BCUT2D eigenvalue weighted by Crippen LogP contribution is -2.48. The predicted octanol–water partition coefficient (Wildman–Crippen LogP) is 1.57. The Morgan fingerprint density at radius 2 is 2.19 bits per heavy atom. The first-order valence-corrected chi connectivity index (χ1v) is 9.51. The summed E-state index contributed by atoms with van der Waals surface area (Å²) in [7, 11) is 3.75. The van der Waals surface area contributed by atoms with Gasteiger partial charge in [-0.25, -0.2) is 0 Å². The van der Waals surface area contributed by atoms with Crippen molar-refractivity contribution in [1.82, 2.24) is 20.0 Å². The summed E-state index contributed by atoms with van der Waals surface area (Å²) in [5.41, 5.74) is 1.11. The SMILES string of the molecule is CN=C(NCCCOC1CCOCC1)N1CCOC(c2cnn(C)c2)C1.I. The van der Waals surface area contributed by atoms with Crippen LogP contribution in [0.2, 0.25) is 0 Å². The zero-order chi connectivity index (χ0) is 18.2. The molecule has 154 valence electrons. The molecule has 1 aromatic rings. The number of nitrogens with zero attached hydrogens (tertiary/aromatic N) is 4. The quantitative estimate of drug-likeness (QED) is 0.281. The standard InChI is InChI=1S/C18H31N5O3.HI/c1-19-18(20-6-3-8-25-16-4-9-24-10-5-16)23-7-11-26-17(14-23)15-12-21-22(2)13-15;/h12-13,16-17H,3-11,14H2,1-2H3,(H,19,20);1H. The van der Waals surface area contributed by atoms with E-state index in [9.17, 15) is 0 Å². The lowest BCUT2D eigenvalue weighted by molar-refractivity contribution is -0.0321. The summed E-state index contributed by atoms with van der Waals surface area (Å²) in [6, 6.07) is 0. The van der Waals surface area contributed by atoms with Gasteiger partial charge in [-0.1, -0.05) is 0 Å². The molecule has 0 bridgehead atoms. The van der Waals surface area contributed by atoms with Crippen molar-refractivity contribution in [3.05, 3.63) is 18.0 Å². The van der Waals surface area contributed by atoms with Gasteiger partial charge in [0.25, 0.3) is 0 Å². The molecule has 2 aliphatic rings. The highest BCUT2D eigenvalue weighted by Gasteiger charge is 2.25. The minimum atomic E-state index is 0. The zero-order valence-electron chi connectivity index (χ0n) is 16.3. The van der Waals surface area contributed by atoms with Gasteiger partial charge in [0.1, 0.15) is 6.10 Å². The number of hydrogen-bond acceptors (Lipinski definition) is 5. The van der Waals surface area contributed by atoms with Crippen molar-refractivity contribution in [3.63, 3.8) is 0 Å². The Morgan fingerprint density at radius 1 is 1.37 bits per heavy atom. The molecular weight excluding hydrogens is 461 g/mol. The summed E-state index contributed by atoms with van der Waals surface area (Å²) in [5.74, 6) is 0.924. The molecule has 27 heavy (non-hydrogen) atoms. The molecule has 2 saturated heterocycles. The van der Waals surface area contributed by atoms with E-state index in [2.05, 4.69) is 20.3 Å². The molecule has 1 atom stereocenters. The van der Waals surface area contributed by atoms with Gasteiger partial charge >= 0.3 is 0 Å². The molecule has 8 nitrogen and oxygen atoms in total. The van der Waals surface area contributed by atoms with E-state index in [4.69, 9.17) is 14.2 Å². The molecule has 3 rings (SSSR count). The van der Waals surface area contributed by atoms with Crippen molar-refractivity contribution in [2.75, 3.05) is 53.1 Å². The Balaban J connectivity index is 0.00000261. The van der Waals surface area contributed by atoms with Gasteiger partial charge in [-0.3, -0.25) is 9.67 Å². The predicted molar refractivity (Wildman–Crippen MR) is 115 cm³/mol. The number of morpholine rings is 1. The van der Waals surface area contributed by atoms with E-state index in [0.29, 0.717) is 12.7 Å². The van der Waals surface area contributed by atoms with Gasteiger partial charge in [-0.05, 0) is 19.3 Å². The molecular formula is C18H32IN5O3. The summed E-state index contributed by atoms with van der Waals surface area (Å²) in [6.07, 6.45) is 7.27. The average molecular weight is 493 g/mol. The molecule has 2 aliphatic heterocycles. The summed E-state index contributed by atoms with van der Waals surface area (Å²) < 4.78 is 19.0. The smallest absolute Gasteiger partial charge is 0.193 e. The monoisotopic (exact) mass is 493 g/mol. The van der Waals surface area contributed by atoms with Crippen LogP contribution in [0.25, 0.3) is 0 Å². The maximum absolute atomic E-state index is 5.92. The van der Waals surface area contributed by atoms with Crippen LogP contribution >= 0.6 is 24.0 Å². The molecule has 0 saturated carbocycles. The van der Waals surface area contributed by atoms with Crippen molar-refractivity contribution in [2.45, 2.75) is 31.5 Å². The van der Waals surface area contributed by atoms with Crippen LogP contribution in [-0.4, -0.2) is 79.9 Å². The molecule has 2 fully saturated rings. The fraction of sp³-hybridized carbons (Fsp3) is 0.778. The first-order valence-electron chi connectivity index (χ1n) is 9.51. The second-order valence-electron chi connectivity index (χ2n) is 6.76. The molecule has 1 aromatic heterocycles. The maximum atomic E-state index is 5.92. The fourth-order valence-electron chi connectivity index (χ4n) is 3.35. The van der Waals surface area contributed by atoms with Gasteiger partial charge in [-0.15, -0.1) is 24.0 Å². The number of ether oxygens (including phenoxy) is 3. The molecule has 0 spiro atoms. The van der Waals surface area contributed by atoms with Gasteiger partial charge in [0.05, 0.1) is 25.5 Å². The highest BCUT2D eigenvalue weighted by Crippen LogP contribution is 2.21. The summed E-state index contributed by atoms with van der Waals surface area (Å²) in [5, 5.41) is 7.69. The third-order valence-corrected chi connectivity index (χ3v) is 4.80. The summed E-state index contributed by atoms with van der Waals surface area (Å²) in [6.45, 7) is 5.59. The second kappa shape index (κ2) is 11.8. The van der Waals surface area contributed by atoms with E-state index in [1.165, 1.54) is 0 Å². The highest BCUT2D eigenvalue weighted by molar-refractivity contribution is 14.0. The van der Waals surface area contributed by atoms with Gasteiger partial charge in [0, 0.05) is 58.8 Å². The normalized spacial score (nSPS) is 21.8. The van der Waals surface area contributed by atoms with Crippen LogP contribution in [0.3, 0.4) is 0 Å². The zero-order valence-corrected chi connectivity index (χ0v) is 18.6. The third kappa shape index (κ3) is 6.88. The fourth-order valence-corrected chi connectivity index (χ4v) is 3.35. The molecule has 0 radical (unpaired) electrons. The molecule has 9 heteroatoms.